The van der Waals surface area contributed by atoms with Crippen molar-refractivity contribution in [2.45, 2.75) is 44.7 Å². The van der Waals surface area contributed by atoms with Crippen molar-refractivity contribution in [3.05, 3.63) is 0 Å². The second-order valence-electron chi connectivity index (χ2n) is 8.11. The molecule has 4 fully saturated rings. The molecule has 0 aromatic heterocycles. The third-order valence-electron chi connectivity index (χ3n) is 6.24. The molecule has 0 bridgehead atoms. The fourth-order valence-corrected chi connectivity index (χ4v) is 4.60. The van der Waals surface area contributed by atoms with E-state index in [4.69, 9.17) is 9.73 Å². The van der Waals surface area contributed by atoms with Crippen molar-refractivity contribution in [2.75, 3.05) is 65.6 Å². The lowest BCUT2D eigenvalue weighted by Gasteiger charge is -2.32. The number of nitrogens with zero attached hydrogens (tertiary/aromatic N) is 4. The van der Waals surface area contributed by atoms with Gasteiger partial charge < -0.3 is 19.9 Å². The highest BCUT2D eigenvalue weighted by Crippen LogP contribution is 2.31. The Bertz CT molecular complexity index is 467. The first-order valence-corrected chi connectivity index (χ1v) is 10.4. The summed E-state index contributed by atoms with van der Waals surface area (Å²) < 4.78 is 5.50. The fourth-order valence-electron chi connectivity index (χ4n) is 4.60. The van der Waals surface area contributed by atoms with E-state index in [9.17, 15) is 0 Å². The van der Waals surface area contributed by atoms with Crippen molar-refractivity contribution in [3.63, 3.8) is 0 Å². The maximum Gasteiger partial charge on any atom is 0.193 e. The molecule has 3 aliphatic heterocycles. The van der Waals surface area contributed by atoms with Gasteiger partial charge in [0.15, 0.2) is 5.96 Å². The van der Waals surface area contributed by atoms with E-state index < -0.39 is 0 Å². The fraction of sp³-hybridized carbons (Fsp3) is 0.947. The van der Waals surface area contributed by atoms with E-state index >= 15 is 0 Å². The number of nitrogens with one attached hydrogen (secondary N) is 1. The van der Waals surface area contributed by atoms with E-state index in [1.165, 1.54) is 38.8 Å². The van der Waals surface area contributed by atoms with E-state index in [0.717, 1.165) is 70.4 Å². The molecule has 4 aliphatic rings. The monoisotopic (exact) mass is 477 g/mol. The van der Waals surface area contributed by atoms with Crippen LogP contribution >= 0.6 is 24.0 Å². The van der Waals surface area contributed by atoms with Crippen LogP contribution < -0.4 is 5.32 Å². The number of rotatable bonds is 5. The Morgan fingerprint density at radius 2 is 1.77 bits per heavy atom. The topological polar surface area (TPSA) is 43.3 Å². The van der Waals surface area contributed by atoms with Gasteiger partial charge in [-0.25, -0.2) is 0 Å². The molecular weight excluding hydrogens is 441 g/mol. The van der Waals surface area contributed by atoms with Crippen LogP contribution in [0.4, 0.5) is 0 Å². The summed E-state index contributed by atoms with van der Waals surface area (Å²) >= 11 is 0. The summed E-state index contributed by atoms with van der Waals surface area (Å²) in [5.74, 6) is 1.90. The molecule has 2 unspecified atom stereocenters. The molecular formula is C19H36IN5O. The van der Waals surface area contributed by atoms with Crippen LogP contribution in [0.5, 0.6) is 0 Å². The summed E-state index contributed by atoms with van der Waals surface area (Å²) in [5.41, 5.74) is 0. The van der Waals surface area contributed by atoms with E-state index in [1.807, 2.05) is 0 Å². The number of likely N-dealkylation sites (tertiary alicyclic amines) is 2. The van der Waals surface area contributed by atoms with Gasteiger partial charge in [0, 0.05) is 57.9 Å². The SMILES string of the molecule is CCNC(=NCC1CCN(C2CC2)C1)N1CCC(N2CCOCC2)C1.I. The zero-order chi connectivity index (χ0) is 17.1. The molecule has 2 atom stereocenters. The smallest absolute Gasteiger partial charge is 0.193 e. The molecule has 0 aromatic rings. The summed E-state index contributed by atoms with van der Waals surface area (Å²) in [6.07, 6.45) is 5.43. The second-order valence-corrected chi connectivity index (χ2v) is 8.11. The van der Waals surface area contributed by atoms with Gasteiger partial charge in [0.1, 0.15) is 0 Å². The minimum absolute atomic E-state index is 0. The molecule has 3 saturated heterocycles. The Balaban J connectivity index is 0.00000196. The summed E-state index contributed by atoms with van der Waals surface area (Å²) in [7, 11) is 0. The predicted octanol–water partition coefficient (Wildman–Crippen LogP) is 1.46. The van der Waals surface area contributed by atoms with Gasteiger partial charge in [0.2, 0.25) is 0 Å². The minimum Gasteiger partial charge on any atom is -0.379 e. The molecule has 1 saturated carbocycles. The van der Waals surface area contributed by atoms with Crippen molar-refractivity contribution in [2.24, 2.45) is 10.9 Å². The average molecular weight is 477 g/mol. The molecule has 0 radical (unpaired) electrons. The van der Waals surface area contributed by atoms with Crippen molar-refractivity contribution in [1.29, 1.82) is 0 Å². The quantitative estimate of drug-likeness (QED) is 0.369. The first-order chi connectivity index (χ1) is 12.3. The lowest BCUT2D eigenvalue weighted by Crippen LogP contribution is -2.46. The summed E-state index contributed by atoms with van der Waals surface area (Å²) in [6.45, 7) is 12.9. The van der Waals surface area contributed by atoms with Crippen molar-refractivity contribution >= 4 is 29.9 Å². The van der Waals surface area contributed by atoms with Crippen LogP contribution in [0.15, 0.2) is 4.99 Å². The van der Waals surface area contributed by atoms with Crippen LogP contribution in [0.1, 0.15) is 32.6 Å². The first-order valence-electron chi connectivity index (χ1n) is 10.4. The molecule has 3 heterocycles. The zero-order valence-corrected chi connectivity index (χ0v) is 18.6. The molecule has 0 aromatic carbocycles. The van der Waals surface area contributed by atoms with E-state index in [1.54, 1.807) is 0 Å². The minimum atomic E-state index is 0. The molecule has 0 amide bonds. The molecule has 26 heavy (non-hydrogen) atoms. The highest BCUT2D eigenvalue weighted by atomic mass is 127. The Labute approximate surface area is 175 Å². The van der Waals surface area contributed by atoms with Crippen molar-refractivity contribution in [1.82, 2.24) is 20.0 Å². The Morgan fingerprint density at radius 3 is 2.50 bits per heavy atom. The van der Waals surface area contributed by atoms with E-state index in [-0.39, 0.29) is 24.0 Å². The van der Waals surface area contributed by atoms with Gasteiger partial charge in [-0.1, -0.05) is 0 Å². The van der Waals surface area contributed by atoms with Crippen LogP contribution in [-0.2, 0) is 4.74 Å². The van der Waals surface area contributed by atoms with Gasteiger partial charge in [-0.15, -0.1) is 24.0 Å². The highest BCUT2D eigenvalue weighted by molar-refractivity contribution is 14.0. The van der Waals surface area contributed by atoms with Crippen LogP contribution in [-0.4, -0.2) is 98.3 Å². The summed E-state index contributed by atoms with van der Waals surface area (Å²) in [4.78, 5) is 12.8. The third kappa shape index (κ3) is 5.23. The summed E-state index contributed by atoms with van der Waals surface area (Å²) in [5, 5.41) is 3.54. The Morgan fingerprint density at radius 1 is 0.962 bits per heavy atom. The zero-order valence-electron chi connectivity index (χ0n) is 16.2. The number of hydrogen-bond acceptors (Lipinski definition) is 4. The number of hydrogen-bond donors (Lipinski definition) is 1. The van der Waals surface area contributed by atoms with Crippen LogP contribution in [0.2, 0.25) is 0 Å². The van der Waals surface area contributed by atoms with Gasteiger partial charge in [0.25, 0.3) is 0 Å². The van der Waals surface area contributed by atoms with Crippen LogP contribution in [0, 0.1) is 5.92 Å². The van der Waals surface area contributed by atoms with Crippen molar-refractivity contribution < 1.29 is 4.74 Å². The van der Waals surface area contributed by atoms with Gasteiger partial charge in [-0.05, 0) is 45.1 Å². The molecule has 150 valence electrons. The normalized spacial score (nSPS) is 31.3. The lowest BCUT2D eigenvalue weighted by molar-refractivity contribution is 0.0195. The molecule has 1 aliphatic carbocycles. The van der Waals surface area contributed by atoms with Crippen LogP contribution in [0.25, 0.3) is 0 Å². The maximum atomic E-state index is 5.50. The van der Waals surface area contributed by atoms with E-state index in [0.29, 0.717) is 6.04 Å². The largest absolute Gasteiger partial charge is 0.379 e. The van der Waals surface area contributed by atoms with Crippen molar-refractivity contribution in [3.8, 4) is 0 Å². The maximum absolute atomic E-state index is 5.50. The highest BCUT2D eigenvalue weighted by Gasteiger charge is 2.34. The van der Waals surface area contributed by atoms with Gasteiger partial charge in [0.05, 0.1) is 13.2 Å². The predicted molar refractivity (Wildman–Crippen MR) is 116 cm³/mol. The molecule has 1 N–H and O–H groups in total. The molecule has 0 spiro atoms. The average Bonchev–Trinajstić information content (AvgIpc) is 3.20. The molecule has 6 nitrogen and oxygen atoms in total. The van der Waals surface area contributed by atoms with Crippen LogP contribution in [0.3, 0.4) is 0 Å². The first kappa shape index (κ1) is 20.6. The number of morpholine rings is 1. The number of aliphatic imine (C=N–C) groups is 1. The number of halogens is 1. The lowest BCUT2D eigenvalue weighted by atomic mass is 10.1. The Hall–Kier alpha value is -0.120. The van der Waals surface area contributed by atoms with E-state index in [2.05, 4.69) is 26.9 Å². The second kappa shape index (κ2) is 9.89. The molecule has 7 heteroatoms. The Kier molecular flexibility index (Phi) is 7.84. The van der Waals surface area contributed by atoms with Gasteiger partial charge in [-0.3, -0.25) is 9.89 Å². The van der Waals surface area contributed by atoms with Gasteiger partial charge in [-0.2, -0.15) is 0 Å². The number of ether oxygens (including phenoxy) is 1. The van der Waals surface area contributed by atoms with Gasteiger partial charge >= 0.3 is 0 Å². The molecule has 4 rings (SSSR count). The summed E-state index contributed by atoms with van der Waals surface area (Å²) in [6, 6.07) is 1.58. The third-order valence-corrected chi connectivity index (χ3v) is 6.24. The standard InChI is InChI=1S/C19H35N5O.HI/c1-2-20-19(21-13-16-5-7-23(14-16)17-3-4-17)24-8-6-18(15-24)22-9-11-25-12-10-22;/h16-18H,2-15H2,1H3,(H,20,21);1H. The number of guanidine groups is 1.